The van der Waals surface area contributed by atoms with Crippen LogP contribution in [0.15, 0.2) is 0 Å². The molecule has 3 aliphatic heterocycles. The van der Waals surface area contributed by atoms with Crippen molar-refractivity contribution < 1.29 is 4.79 Å². The zero-order valence-electron chi connectivity index (χ0n) is 11.9. The molecule has 2 atom stereocenters. The lowest BCUT2D eigenvalue weighted by atomic mass is 9.82. The molecule has 5 nitrogen and oxygen atoms in total. The summed E-state index contributed by atoms with van der Waals surface area (Å²) in [6, 6.07) is 2.30. The van der Waals surface area contributed by atoms with Crippen molar-refractivity contribution in [3.63, 3.8) is 0 Å². The molecule has 108 valence electrons. The number of piperidine rings is 2. The number of hydrogen-bond acceptors (Lipinski definition) is 3. The normalized spacial score (nSPS) is 35.5. The van der Waals surface area contributed by atoms with Crippen molar-refractivity contribution in [3.8, 4) is 0 Å². The summed E-state index contributed by atoms with van der Waals surface area (Å²) in [5.74, 6) is 0. The number of carbonyl (C=O) groups excluding carboxylic acids is 1. The molecule has 3 saturated heterocycles. The summed E-state index contributed by atoms with van der Waals surface area (Å²) in [4.78, 5) is 15.9. The van der Waals surface area contributed by atoms with E-state index in [9.17, 15) is 4.79 Å². The van der Waals surface area contributed by atoms with E-state index in [1.807, 2.05) is 4.90 Å². The van der Waals surface area contributed by atoms with Crippen LogP contribution in [0, 0.1) is 0 Å². The second kappa shape index (κ2) is 5.67. The number of hydrogen-bond donors (Lipinski definition) is 2. The highest BCUT2D eigenvalue weighted by Crippen LogP contribution is 2.32. The van der Waals surface area contributed by atoms with Crippen LogP contribution in [0.25, 0.3) is 0 Å². The third kappa shape index (κ3) is 2.87. The first kappa shape index (κ1) is 13.2. The van der Waals surface area contributed by atoms with Gasteiger partial charge in [0.25, 0.3) is 0 Å². The minimum atomic E-state index is 0.0991. The number of fused-ring (bicyclic) bond motifs is 2. The predicted octanol–water partition coefficient (Wildman–Crippen LogP) is 0.617. The van der Waals surface area contributed by atoms with Crippen LogP contribution in [-0.2, 0) is 0 Å². The smallest absolute Gasteiger partial charge is 0.317 e. The molecule has 2 N–H and O–H groups in total. The third-order valence-electron chi connectivity index (χ3n) is 5.10. The number of nitrogens with zero attached hydrogens (tertiary/aromatic N) is 2. The summed E-state index contributed by atoms with van der Waals surface area (Å²) in [5, 5.41) is 6.52. The molecule has 0 aromatic heterocycles. The number of carbonyl (C=O) groups is 1. The highest BCUT2D eigenvalue weighted by atomic mass is 16.2. The zero-order chi connectivity index (χ0) is 13.2. The third-order valence-corrected chi connectivity index (χ3v) is 5.10. The predicted molar refractivity (Wildman–Crippen MR) is 75.2 cm³/mol. The molecule has 3 aliphatic rings. The largest absolute Gasteiger partial charge is 0.336 e. The van der Waals surface area contributed by atoms with E-state index in [0.29, 0.717) is 6.04 Å². The van der Waals surface area contributed by atoms with Crippen LogP contribution in [0.2, 0.25) is 0 Å². The molecule has 0 saturated carbocycles. The summed E-state index contributed by atoms with van der Waals surface area (Å²) < 4.78 is 0. The van der Waals surface area contributed by atoms with Crippen LogP contribution in [-0.4, -0.2) is 67.2 Å². The average Bonchev–Trinajstić information content (AvgIpc) is 2.76. The molecule has 3 fully saturated rings. The van der Waals surface area contributed by atoms with Gasteiger partial charge >= 0.3 is 6.03 Å². The van der Waals surface area contributed by atoms with Gasteiger partial charge in [0, 0.05) is 44.3 Å². The maximum absolute atomic E-state index is 11.4. The topological polar surface area (TPSA) is 47.6 Å². The van der Waals surface area contributed by atoms with E-state index in [1.165, 1.54) is 32.1 Å². The molecule has 0 radical (unpaired) electrons. The maximum atomic E-state index is 11.4. The molecule has 2 amide bonds. The van der Waals surface area contributed by atoms with Crippen LogP contribution in [0.1, 0.15) is 32.1 Å². The SMILES string of the molecule is CN1C2CCCC1CC(NCCN1CCNC1=O)C2. The highest BCUT2D eigenvalue weighted by molar-refractivity contribution is 5.76. The summed E-state index contributed by atoms with van der Waals surface area (Å²) in [6.07, 6.45) is 6.68. The van der Waals surface area contributed by atoms with Gasteiger partial charge in [-0.3, -0.25) is 0 Å². The van der Waals surface area contributed by atoms with Crippen LogP contribution < -0.4 is 10.6 Å². The van der Waals surface area contributed by atoms with Gasteiger partial charge in [-0.1, -0.05) is 6.42 Å². The van der Waals surface area contributed by atoms with Gasteiger partial charge in [-0.25, -0.2) is 4.79 Å². The van der Waals surface area contributed by atoms with Gasteiger partial charge in [0.15, 0.2) is 0 Å². The first-order valence-corrected chi connectivity index (χ1v) is 7.72. The van der Waals surface area contributed by atoms with Crippen molar-refractivity contribution in [2.45, 2.75) is 50.2 Å². The fraction of sp³-hybridized carbons (Fsp3) is 0.929. The molecule has 0 aromatic rings. The first-order chi connectivity index (χ1) is 9.24. The quantitative estimate of drug-likeness (QED) is 0.784. The lowest BCUT2D eigenvalue weighted by Crippen LogP contribution is -2.55. The Bertz CT molecular complexity index is 321. The zero-order valence-corrected chi connectivity index (χ0v) is 11.9. The average molecular weight is 266 g/mol. The van der Waals surface area contributed by atoms with Gasteiger partial charge in [-0.05, 0) is 32.7 Å². The maximum Gasteiger partial charge on any atom is 0.317 e. The molecule has 0 aliphatic carbocycles. The Kier molecular flexibility index (Phi) is 3.93. The number of nitrogens with one attached hydrogen (secondary N) is 2. The van der Waals surface area contributed by atoms with E-state index in [0.717, 1.165) is 38.3 Å². The summed E-state index contributed by atoms with van der Waals surface area (Å²) >= 11 is 0. The lowest BCUT2D eigenvalue weighted by molar-refractivity contribution is 0.0484. The Morgan fingerprint density at radius 3 is 2.68 bits per heavy atom. The van der Waals surface area contributed by atoms with Crippen molar-refractivity contribution >= 4 is 6.03 Å². The van der Waals surface area contributed by atoms with Gasteiger partial charge in [0.1, 0.15) is 0 Å². The minimum absolute atomic E-state index is 0.0991. The van der Waals surface area contributed by atoms with Crippen LogP contribution in [0.5, 0.6) is 0 Å². The molecule has 0 spiro atoms. The standard InChI is InChI=1S/C14H26N4O/c1-17-12-3-2-4-13(17)10-11(9-12)15-5-7-18-8-6-16-14(18)19/h11-13,15H,2-10H2,1H3,(H,16,19). The monoisotopic (exact) mass is 266 g/mol. The fourth-order valence-electron chi connectivity index (χ4n) is 3.91. The summed E-state index contributed by atoms with van der Waals surface area (Å²) in [6.45, 7) is 3.44. The molecule has 0 aromatic carbocycles. The van der Waals surface area contributed by atoms with Gasteiger partial charge in [-0.2, -0.15) is 0 Å². The van der Waals surface area contributed by atoms with Crippen molar-refractivity contribution in [2.24, 2.45) is 0 Å². The van der Waals surface area contributed by atoms with E-state index >= 15 is 0 Å². The molecule has 5 heteroatoms. The summed E-state index contributed by atoms with van der Waals surface area (Å²) in [5.41, 5.74) is 0. The van der Waals surface area contributed by atoms with E-state index < -0.39 is 0 Å². The fourth-order valence-corrected chi connectivity index (χ4v) is 3.91. The van der Waals surface area contributed by atoms with Gasteiger partial charge in [0.2, 0.25) is 0 Å². The molecular formula is C14H26N4O. The second-order valence-electron chi connectivity index (χ2n) is 6.25. The number of rotatable bonds is 4. The van der Waals surface area contributed by atoms with Gasteiger partial charge in [0.05, 0.1) is 0 Å². The molecule has 3 rings (SSSR count). The molecule has 2 unspecified atom stereocenters. The summed E-state index contributed by atoms with van der Waals surface area (Å²) in [7, 11) is 2.29. The second-order valence-corrected chi connectivity index (χ2v) is 6.25. The lowest BCUT2D eigenvalue weighted by Gasteiger charge is -2.47. The van der Waals surface area contributed by atoms with Gasteiger partial charge in [-0.15, -0.1) is 0 Å². The van der Waals surface area contributed by atoms with Crippen LogP contribution >= 0.6 is 0 Å². The Morgan fingerprint density at radius 2 is 2.05 bits per heavy atom. The Balaban J connectivity index is 1.42. The number of amides is 2. The van der Waals surface area contributed by atoms with Crippen LogP contribution in [0.4, 0.5) is 4.79 Å². The highest BCUT2D eigenvalue weighted by Gasteiger charge is 2.35. The first-order valence-electron chi connectivity index (χ1n) is 7.72. The molecule has 3 heterocycles. The van der Waals surface area contributed by atoms with Crippen molar-refractivity contribution in [2.75, 3.05) is 33.2 Å². The Morgan fingerprint density at radius 1 is 1.32 bits per heavy atom. The van der Waals surface area contributed by atoms with Crippen molar-refractivity contribution in [1.82, 2.24) is 20.4 Å². The van der Waals surface area contributed by atoms with E-state index in [1.54, 1.807) is 0 Å². The van der Waals surface area contributed by atoms with Gasteiger partial charge < -0.3 is 20.4 Å². The molecule has 2 bridgehead atoms. The molecular weight excluding hydrogens is 240 g/mol. The van der Waals surface area contributed by atoms with Crippen molar-refractivity contribution in [1.29, 1.82) is 0 Å². The Hall–Kier alpha value is -0.810. The van der Waals surface area contributed by atoms with E-state index in [2.05, 4.69) is 22.6 Å². The Labute approximate surface area is 115 Å². The molecule has 19 heavy (non-hydrogen) atoms. The van der Waals surface area contributed by atoms with E-state index in [-0.39, 0.29) is 6.03 Å². The van der Waals surface area contributed by atoms with Crippen molar-refractivity contribution in [3.05, 3.63) is 0 Å². The minimum Gasteiger partial charge on any atom is -0.336 e. The number of urea groups is 1. The van der Waals surface area contributed by atoms with E-state index in [4.69, 9.17) is 0 Å². The van der Waals surface area contributed by atoms with Crippen LogP contribution in [0.3, 0.4) is 0 Å².